The molecule has 0 spiro atoms. The van der Waals surface area contributed by atoms with Crippen LogP contribution in [-0.2, 0) is 4.79 Å². The highest BCUT2D eigenvalue weighted by Crippen LogP contribution is 2.34. The Morgan fingerprint density at radius 2 is 1.21 bits per heavy atom. The van der Waals surface area contributed by atoms with E-state index in [1.54, 1.807) is 0 Å². The molecule has 2 aromatic heterocycles. The number of benzene rings is 2. The summed E-state index contributed by atoms with van der Waals surface area (Å²) < 4.78 is 12.0. The molecule has 0 aliphatic heterocycles. The summed E-state index contributed by atoms with van der Waals surface area (Å²) in [5, 5.41) is 1.30. The minimum absolute atomic E-state index is 0.0273. The largest absolute Gasteiger partial charge is 0.457 e. The van der Waals surface area contributed by atoms with Gasteiger partial charge in [-0.05, 0) is 79.4 Å². The zero-order valence-electron chi connectivity index (χ0n) is 18.6. The van der Waals surface area contributed by atoms with E-state index >= 15 is 0 Å². The van der Waals surface area contributed by atoms with Gasteiger partial charge in [-0.25, -0.2) is 0 Å². The van der Waals surface area contributed by atoms with Gasteiger partial charge >= 0.3 is 0 Å². The van der Waals surface area contributed by atoms with Crippen molar-refractivity contribution in [3.8, 4) is 22.6 Å². The van der Waals surface area contributed by atoms with Crippen LogP contribution in [0.5, 0.6) is 0 Å². The number of furan rings is 2. The SMILES string of the molecule is CC1CC(=Cc2ccc(-c3cccc(Cl)c3)o2)C(=O)C(=Cc2ccc(-c3cccc(Cl)c3)o2)C1. The lowest BCUT2D eigenvalue weighted by Gasteiger charge is -2.22. The zero-order chi connectivity index (χ0) is 23.7. The van der Waals surface area contributed by atoms with Gasteiger partial charge in [-0.3, -0.25) is 4.79 Å². The molecule has 0 amide bonds. The molecule has 0 bridgehead atoms. The second kappa shape index (κ2) is 9.54. The van der Waals surface area contributed by atoms with Gasteiger partial charge in [0.1, 0.15) is 23.0 Å². The van der Waals surface area contributed by atoms with Crippen molar-refractivity contribution in [1.82, 2.24) is 0 Å². The number of Topliss-reactive ketones (excluding diaryl/α,β-unsaturated/α-hetero) is 1. The number of carbonyl (C=O) groups is 1. The average molecular weight is 489 g/mol. The number of allylic oxidation sites excluding steroid dienone is 2. The Balaban J connectivity index is 1.40. The van der Waals surface area contributed by atoms with Gasteiger partial charge in [-0.15, -0.1) is 0 Å². The van der Waals surface area contributed by atoms with Gasteiger partial charge in [0.2, 0.25) is 0 Å². The Kier molecular flexibility index (Phi) is 6.32. The third kappa shape index (κ3) is 4.96. The molecular weight excluding hydrogens is 467 g/mol. The van der Waals surface area contributed by atoms with E-state index < -0.39 is 0 Å². The molecule has 0 N–H and O–H groups in total. The van der Waals surface area contributed by atoms with Crippen LogP contribution in [0.2, 0.25) is 10.0 Å². The van der Waals surface area contributed by atoms with Crippen molar-refractivity contribution in [2.45, 2.75) is 19.8 Å². The van der Waals surface area contributed by atoms with Gasteiger partial charge in [0.15, 0.2) is 5.78 Å². The van der Waals surface area contributed by atoms with Crippen molar-refractivity contribution >= 4 is 41.1 Å². The lowest BCUT2D eigenvalue weighted by atomic mass is 9.81. The zero-order valence-corrected chi connectivity index (χ0v) is 20.1. The Labute approximate surface area is 208 Å². The summed E-state index contributed by atoms with van der Waals surface area (Å²) >= 11 is 12.2. The Bertz CT molecular complexity index is 1310. The minimum Gasteiger partial charge on any atom is -0.457 e. The van der Waals surface area contributed by atoms with Crippen LogP contribution in [0.15, 0.2) is 92.8 Å². The summed E-state index contributed by atoms with van der Waals surface area (Å²) in [6.45, 7) is 2.15. The molecule has 3 nitrogen and oxygen atoms in total. The molecule has 1 aliphatic carbocycles. The van der Waals surface area contributed by atoms with E-state index in [4.69, 9.17) is 32.0 Å². The van der Waals surface area contributed by atoms with Crippen LogP contribution in [0.4, 0.5) is 0 Å². The fourth-order valence-electron chi connectivity index (χ4n) is 4.26. The molecular formula is C29H22Cl2O3. The standard InChI is InChI=1S/C29H22Cl2O3/c1-18-12-21(16-25-8-10-27(33-25)19-4-2-6-23(30)14-19)29(32)22(13-18)17-26-9-11-28(34-26)20-5-3-7-24(31)15-20/h2-11,14-18H,12-13H2,1H3. The monoisotopic (exact) mass is 488 g/mol. The topological polar surface area (TPSA) is 43.4 Å². The van der Waals surface area contributed by atoms with E-state index in [2.05, 4.69) is 6.92 Å². The van der Waals surface area contributed by atoms with Crippen LogP contribution in [-0.4, -0.2) is 5.78 Å². The molecule has 0 radical (unpaired) electrons. The van der Waals surface area contributed by atoms with E-state index in [9.17, 15) is 4.79 Å². The quantitative estimate of drug-likeness (QED) is 0.269. The highest BCUT2D eigenvalue weighted by atomic mass is 35.5. The van der Waals surface area contributed by atoms with Crippen molar-refractivity contribution in [2.75, 3.05) is 0 Å². The van der Waals surface area contributed by atoms with Crippen LogP contribution in [0.3, 0.4) is 0 Å². The van der Waals surface area contributed by atoms with Gasteiger partial charge in [-0.1, -0.05) is 54.4 Å². The smallest absolute Gasteiger partial charge is 0.185 e. The molecule has 1 aliphatic rings. The summed E-state index contributed by atoms with van der Waals surface area (Å²) in [6.07, 6.45) is 5.10. The molecule has 1 fully saturated rings. The first-order valence-corrected chi connectivity index (χ1v) is 11.9. The highest BCUT2D eigenvalue weighted by molar-refractivity contribution is 6.31. The molecule has 1 saturated carbocycles. The van der Waals surface area contributed by atoms with Gasteiger partial charge in [0.25, 0.3) is 0 Å². The third-order valence-electron chi connectivity index (χ3n) is 5.82. The van der Waals surface area contributed by atoms with Crippen molar-refractivity contribution in [3.63, 3.8) is 0 Å². The van der Waals surface area contributed by atoms with Gasteiger partial charge < -0.3 is 8.83 Å². The first-order valence-electron chi connectivity index (χ1n) is 11.1. The fourth-order valence-corrected chi connectivity index (χ4v) is 4.64. The third-order valence-corrected chi connectivity index (χ3v) is 6.30. The van der Waals surface area contributed by atoms with E-state index in [1.165, 1.54) is 0 Å². The maximum Gasteiger partial charge on any atom is 0.185 e. The van der Waals surface area contributed by atoms with Crippen LogP contribution >= 0.6 is 23.2 Å². The number of ketones is 1. The number of hydrogen-bond acceptors (Lipinski definition) is 3. The van der Waals surface area contributed by atoms with Gasteiger partial charge in [0.05, 0.1) is 0 Å². The summed E-state index contributed by atoms with van der Waals surface area (Å²) in [4.78, 5) is 13.3. The van der Waals surface area contributed by atoms with Crippen molar-refractivity contribution in [1.29, 1.82) is 0 Å². The summed E-state index contributed by atoms with van der Waals surface area (Å²) in [7, 11) is 0. The average Bonchev–Trinajstić information content (AvgIpc) is 3.47. The van der Waals surface area contributed by atoms with Crippen molar-refractivity contribution in [3.05, 3.63) is 106 Å². The van der Waals surface area contributed by atoms with E-state index in [0.717, 1.165) is 22.3 Å². The van der Waals surface area contributed by atoms with Crippen LogP contribution < -0.4 is 0 Å². The molecule has 0 unspecified atom stereocenters. The van der Waals surface area contributed by atoms with Gasteiger partial charge in [0, 0.05) is 32.3 Å². The Morgan fingerprint density at radius 3 is 1.65 bits per heavy atom. The molecule has 0 atom stereocenters. The molecule has 5 heteroatoms. The number of rotatable bonds is 4. The number of halogens is 2. The Hall–Kier alpha value is -3.27. The molecule has 2 heterocycles. The first-order chi connectivity index (χ1) is 16.4. The van der Waals surface area contributed by atoms with Gasteiger partial charge in [-0.2, -0.15) is 0 Å². The normalized spacial score (nSPS) is 18.7. The van der Waals surface area contributed by atoms with Crippen LogP contribution in [0, 0.1) is 5.92 Å². The fraction of sp³-hybridized carbons (Fsp3) is 0.138. The molecule has 5 rings (SSSR count). The van der Waals surface area contributed by atoms with E-state index in [-0.39, 0.29) is 5.78 Å². The second-order valence-electron chi connectivity index (χ2n) is 8.61. The van der Waals surface area contributed by atoms with Crippen LogP contribution in [0.1, 0.15) is 31.3 Å². The predicted octanol–water partition coefficient (Wildman–Crippen LogP) is 8.98. The summed E-state index contributed by atoms with van der Waals surface area (Å²) in [5.74, 6) is 3.08. The predicted molar refractivity (Wildman–Crippen MR) is 138 cm³/mol. The lowest BCUT2D eigenvalue weighted by Crippen LogP contribution is -2.18. The van der Waals surface area contributed by atoms with Crippen molar-refractivity contribution in [2.24, 2.45) is 5.92 Å². The number of hydrogen-bond donors (Lipinski definition) is 0. The molecule has 34 heavy (non-hydrogen) atoms. The molecule has 4 aromatic rings. The Morgan fingerprint density at radius 1 is 0.735 bits per heavy atom. The van der Waals surface area contributed by atoms with Crippen LogP contribution in [0.25, 0.3) is 34.8 Å². The maximum atomic E-state index is 13.3. The highest BCUT2D eigenvalue weighted by Gasteiger charge is 2.26. The first kappa shape index (κ1) is 22.5. The second-order valence-corrected chi connectivity index (χ2v) is 9.48. The number of carbonyl (C=O) groups excluding carboxylic acids is 1. The lowest BCUT2D eigenvalue weighted by molar-refractivity contribution is -0.113. The summed E-state index contributed by atoms with van der Waals surface area (Å²) in [5.41, 5.74) is 3.26. The molecule has 2 aromatic carbocycles. The maximum absolute atomic E-state index is 13.3. The van der Waals surface area contributed by atoms with E-state index in [1.807, 2.05) is 84.9 Å². The molecule has 170 valence electrons. The van der Waals surface area contributed by atoms with E-state index in [0.29, 0.717) is 51.8 Å². The van der Waals surface area contributed by atoms with Crippen molar-refractivity contribution < 1.29 is 13.6 Å². The molecule has 0 saturated heterocycles. The summed E-state index contributed by atoms with van der Waals surface area (Å²) in [6, 6.07) is 22.5. The minimum atomic E-state index is 0.0273.